The van der Waals surface area contributed by atoms with Crippen molar-refractivity contribution < 1.29 is 0 Å². The highest BCUT2D eigenvalue weighted by atomic mass is 32.1. The van der Waals surface area contributed by atoms with Gasteiger partial charge in [-0.1, -0.05) is 0 Å². The summed E-state index contributed by atoms with van der Waals surface area (Å²) in [5.74, 6) is 0.996. The molecule has 0 saturated carbocycles. The zero-order chi connectivity index (χ0) is 12.5. The van der Waals surface area contributed by atoms with Crippen LogP contribution in [-0.4, -0.2) is 21.6 Å². The third-order valence-electron chi connectivity index (χ3n) is 3.06. The minimum absolute atomic E-state index is 0.0731. The summed E-state index contributed by atoms with van der Waals surface area (Å²) >= 11 is 1.71. The number of thiophene rings is 1. The molecule has 0 aliphatic carbocycles. The van der Waals surface area contributed by atoms with Gasteiger partial charge in [-0.25, -0.2) is 4.98 Å². The molecular weight excluding hydrogens is 244 g/mol. The van der Waals surface area contributed by atoms with Gasteiger partial charge in [0.2, 0.25) is 0 Å². The van der Waals surface area contributed by atoms with Crippen LogP contribution in [0.15, 0.2) is 36.1 Å². The first kappa shape index (κ1) is 11.4. The van der Waals surface area contributed by atoms with Crippen molar-refractivity contribution in [1.29, 1.82) is 0 Å². The van der Waals surface area contributed by atoms with Crippen molar-refractivity contribution in [3.05, 3.63) is 47.5 Å². The van der Waals surface area contributed by atoms with Gasteiger partial charge in [-0.2, -0.15) is 0 Å². The molecule has 0 aliphatic heterocycles. The SMILES string of the molecule is CNC(c1cnc2ccsc2c1)c1nccn1C. The third-order valence-corrected chi connectivity index (χ3v) is 3.92. The van der Waals surface area contributed by atoms with Crippen LogP contribution in [0.1, 0.15) is 17.4 Å². The number of aryl methyl sites for hydroxylation is 1. The first-order valence-corrected chi connectivity index (χ1v) is 6.65. The molecule has 1 atom stereocenters. The van der Waals surface area contributed by atoms with E-state index in [9.17, 15) is 0 Å². The van der Waals surface area contributed by atoms with Crippen LogP contribution in [0, 0.1) is 0 Å². The van der Waals surface area contributed by atoms with Gasteiger partial charge in [0.15, 0.2) is 0 Å². The summed E-state index contributed by atoms with van der Waals surface area (Å²) in [6.45, 7) is 0. The Kier molecular flexibility index (Phi) is 2.85. The average molecular weight is 258 g/mol. The highest BCUT2D eigenvalue weighted by Crippen LogP contribution is 2.25. The molecule has 3 rings (SSSR count). The van der Waals surface area contributed by atoms with Crippen molar-refractivity contribution in [2.45, 2.75) is 6.04 Å². The van der Waals surface area contributed by atoms with E-state index in [1.165, 1.54) is 4.70 Å². The Hall–Kier alpha value is -1.72. The topological polar surface area (TPSA) is 42.7 Å². The maximum Gasteiger partial charge on any atom is 0.130 e. The van der Waals surface area contributed by atoms with Crippen molar-refractivity contribution in [3.8, 4) is 0 Å². The molecule has 18 heavy (non-hydrogen) atoms. The molecule has 5 heteroatoms. The van der Waals surface area contributed by atoms with Crippen molar-refractivity contribution in [2.24, 2.45) is 7.05 Å². The van der Waals surface area contributed by atoms with E-state index >= 15 is 0 Å². The molecule has 0 bridgehead atoms. The zero-order valence-corrected chi connectivity index (χ0v) is 11.1. The highest BCUT2D eigenvalue weighted by Gasteiger charge is 2.17. The van der Waals surface area contributed by atoms with E-state index < -0.39 is 0 Å². The average Bonchev–Trinajstić information content (AvgIpc) is 2.99. The second-order valence-electron chi connectivity index (χ2n) is 4.19. The second-order valence-corrected chi connectivity index (χ2v) is 5.14. The lowest BCUT2D eigenvalue weighted by Crippen LogP contribution is -2.21. The molecular formula is C13H14N4S. The second kappa shape index (κ2) is 4.51. The normalized spacial score (nSPS) is 13.0. The van der Waals surface area contributed by atoms with Crippen LogP contribution in [0.4, 0.5) is 0 Å². The van der Waals surface area contributed by atoms with E-state index in [1.807, 2.05) is 43.3 Å². The number of hydrogen-bond acceptors (Lipinski definition) is 4. The Bertz CT molecular complexity index is 670. The maximum atomic E-state index is 4.48. The zero-order valence-electron chi connectivity index (χ0n) is 10.3. The maximum absolute atomic E-state index is 4.48. The van der Waals surface area contributed by atoms with E-state index in [0.29, 0.717) is 0 Å². The standard InChI is InChI=1S/C13H14N4S/c1-14-12(13-15-4-5-17(13)2)9-7-11-10(16-8-9)3-6-18-11/h3-8,12,14H,1-2H3. The summed E-state index contributed by atoms with van der Waals surface area (Å²) in [5.41, 5.74) is 2.19. The molecule has 0 spiro atoms. The minimum Gasteiger partial charge on any atom is -0.336 e. The Morgan fingerprint density at radius 2 is 2.28 bits per heavy atom. The third kappa shape index (κ3) is 1.81. The van der Waals surface area contributed by atoms with Crippen LogP contribution in [0.25, 0.3) is 10.2 Å². The van der Waals surface area contributed by atoms with Gasteiger partial charge >= 0.3 is 0 Å². The Morgan fingerprint density at radius 1 is 1.39 bits per heavy atom. The monoisotopic (exact) mass is 258 g/mol. The number of aromatic nitrogens is 3. The number of fused-ring (bicyclic) bond motifs is 1. The first-order valence-electron chi connectivity index (χ1n) is 5.77. The first-order chi connectivity index (χ1) is 8.79. The van der Waals surface area contributed by atoms with Crippen molar-refractivity contribution in [3.63, 3.8) is 0 Å². The Labute approximate surface area is 109 Å². The largest absolute Gasteiger partial charge is 0.336 e. The Balaban J connectivity index is 2.08. The van der Waals surface area contributed by atoms with E-state index in [0.717, 1.165) is 16.9 Å². The molecule has 0 saturated heterocycles. The molecule has 3 aromatic heterocycles. The fourth-order valence-electron chi connectivity index (χ4n) is 2.12. The van der Waals surface area contributed by atoms with Gasteiger partial charge in [0.05, 0.1) is 16.3 Å². The fourth-order valence-corrected chi connectivity index (χ4v) is 2.91. The van der Waals surface area contributed by atoms with Crippen molar-refractivity contribution in [2.75, 3.05) is 7.05 Å². The number of nitrogens with zero attached hydrogens (tertiary/aromatic N) is 3. The molecule has 4 nitrogen and oxygen atoms in total. The summed E-state index contributed by atoms with van der Waals surface area (Å²) < 4.78 is 3.24. The molecule has 0 aromatic carbocycles. The fraction of sp³-hybridized carbons (Fsp3) is 0.231. The van der Waals surface area contributed by atoms with Gasteiger partial charge in [0, 0.05) is 25.6 Å². The molecule has 92 valence electrons. The van der Waals surface area contributed by atoms with Gasteiger partial charge in [-0.3, -0.25) is 4.98 Å². The summed E-state index contributed by atoms with van der Waals surface area (Å²) in [7, 11) is 3.95. The van der Waals surface area contributed by atoms with Crippen LogP contribution in [0.5, 0.6) is 0 Å². The molecule has 0 amide bonds. The number of imidazole rings is 1. The molecule has 0 fully saturated rings. The molecule has 3 heterocycles. The quantitative estimate of drug-likeness (QED) is 0.784. The Morgan fingerprint density at radius 3 is 3.00 bits per heavy atom. The molecule has 0 aliphatic rings. The minimum atomic E-state index is 0.0731. The summed E-state index contributed by atoms with van der Waals surface area (Å²) in [4.78, 5) is 8.89. The van der Waals surface area contributed by atoms with Crippen LogP contribution >= 0.6 is 11.3 Å². The van der Waals surface area contributed by atoms with Crippen LogP contribution in [-0.2, 0) is 7.05 Å². The van der Waals surface area contributed by atoms with Gasteiger partial charge in [-0.15, -0.1) is 11.3 Å². The van der Waals surface area contributed by atoms with Crippen LogP contribution in [0.3, 0.4) is 0 Å². The van der Waals surface area contributed by atoms with E-state index in [-0.39, 0.29) is 6.04 Å². The number of nitrogens with one attached hydrogen (secondary N) is 1. The predicted octanol–water partition coefficient (Wildman–Crippen LogP) is 2.34. The van der Waals surface area contributed by atoms with Gasteiger partial charge in [0.25, 0.3) is 0 Å². The summed E-state index contributed by atoms with van der Waals surface area (Å²) in [5, 5.41) is 5.37. The summed E-state index contributed by atoms with van der Waals surface area (Å²) in [6.07, 6.45) is 5.69. The van der Waals surface area contributed by atoms with E-state index in [4.69, 9.17) is 0 Å². The lowest BCUT2D eigenvalue weighted by Gasteiger charge is -2.16. The molecule has 0 radical (unpaired) electrons. The van der Waals surface area contributed by atoms with Crippen molar-refractivity contribution >= 4 is 21.6 Å². The van der Waals surface area contributed by atoms with E-state index in [2.05, 4.69) is 26.7 Å². The molecule has 1 unspecified atom stereocenters. The van der Waals surface area contributed by atoms with Gasteiger partial charge in [-0.05, 0) is 30.1 Å². The van der Waals surface area contributed by atoms with Crippen LogP contribution < -0.4 is 5.32 Å². The van der Waals surface area contributed by atoms with Crippen LogP contribution in [0.2, 0.25) is 0 Å². The van der Waals surface area contributed by atoms with E-state index in [1.54, 1.807) is 11.3 Å². The molecule has 3 aromatic rings. The number of rotatable bonds is 3. The number of hydrogen-bond donors (Lipinski definition) is 1. The number of pyridine rings is 1. The lowest BCUT2D eigenvalue weighted by atomic mass is 10.1. The predicted molar refractivity (Wildman–Crippen MR) is 73.7 cm³/mol. The van der Waals surface area contributed by atoms with Gasteiger partial charge < -0.3 is 9.88 Å². The summed E-state index contributed by atoms with van der Waals surface area (Å²) in [6, 6.07) is 4.30. The highest BCUT2D eigenvalue weighted by molar-refractivity contribution is 7.17. The van der Waals surface area contributed by atoms with Gasteiger partial charge in [0.1, 0.15) is 5.82 Å². The molecule has 1 N–H and O–H groups in total. The van der Waals surface area contributed by atoms with Crippen molar-refractivity contribution in [1.82, 2.24) is 19.9 Å². The smallest absolute Gasteiger partial charge is 0.130 e. The lowest BCUT2D eigenvalue weighted by molar-refractivity contribution is 0.616.